The number of nitrogens with zero attached hydrogens (tertiary/aromatic N) is 2. The lowest BCUT2D eigenvalue weighted by atomic mass is 9.99. The monoisotopic (exact) mass is 400 g/mol. The number of aromatic nitrogens is 1. The van der Waals surface area contributed by atoms with Crippen LogP contribution < -0.4 is 15.5 Å². The van der Waals surface area contributed by atoms with E-state index < -0.39 is 0 Å². The van der Waals surface area contributed by atoms with Crippen LogP contribution in [0.2, 0.25) is 0 Å². The number of piperidine rings is 1. The Balaban J connectivity index is 1.29. The Hall–Kier alpha value is -3.34. The molecule has 1 aliphatic rings. The van der Waals surface area contributed by atoms with Gasteiger partial charge in [-0.3, -0.25) is 9.78 Å². The summed E-state index contributed by atoms with van der Waals surface area (Å²) in [7, 11) is 0. The highest BCUT2D eigenvalue weighted by Crippen LogP contribution is 2.25. The number of amides is 1. The summed E-state index contributed by atoms with van der Waals surface area (Å²) < 4.78 is 0. The second kappa shape index (κ2) is 9.44. The molecule has 2 aromatic carbocycles. The Bertz CT molecular complexity index is 947. The van der Waals surface area contributed by atoms with Crippen LogP contribution in [0.4, 0.5) is 17.1 Å². The molecular formula is C25H28N4O. The zero-order chi connectivity index (χ0) is 20.8. The summed E-state index contributed by atoms with van der Waals surface area (Å²) in [5.74, 6) is 0.724. The topological polar surface area (TPSA) is 57.3 Å². The maximum Gasteiger partial charge on any atom is 0.253 e. The smallest absolute Gasteiger partial charge is 0.253 e. The number of rotatable bonds is 6. The summed E-state index contributed by atoms with van der Waals surface area (Å²) in [6, 6.07) is 20.3. The van der Waals surface area contributed by atoms with Gasteiger partial charge in [0, 0.05) is 49.1 Å². The maximum atomic E-state index is 12.1. The second-order valence-corrected chi connectivity index (χ2v) is 7.96. The number of benzene rings is 2. The van der Waals surface area contributed by atoms with Crippen molar-refractivity contribution in [1.82, 2.24) is 10.3 Å². The molecule has 1 amide bonds. The van der Waals surface area contributed by atoms with Crippen LogP contribution in [-0.4, -0.2) is 24.0 Å². The van der Waals surface area contributed by atoms with Crippen molar-refractivity contribution >= 4 is 23.0 Å². The summed E-state index contributed by atoms with van der Waals surface area (Å²) in [5, 5.41) is 6.37. The van der Waals surface area contributed by atoms with Crippen molar-refractivity contribution in [1.29, 1.82) is 0 Å². The fourth-order valence-electron chi connectivity index (χ4n) is 3.68. The molecule has 5 nitrogen and oxygen atoms in total. The Morgan fingerprint density at radius 1 is 1.00 bits per heavy atom. The number of hydrogen-bond acceptors (Lipinski definition) is 4. The quantitative estimate of drug-likeness (QED) is 0.612. The number of anilines is 3. The minimum absolute atomic E-state index is 0.117. The number of carbonyl (C=O) groups excluding carboxylic acids is 1. The molecule has 5 heteroatoms. The van der Waals surface area contributed by atoms with E-state index in [-0.39, 0.29) is 5.91 Å². The Morgan fingerprint density at radius 2 is 1.67 bits per heavy atom. The van der Waals surface area contributed by atoms with E-state index in [0.29, 0.717) is 12.1 Å². The molecule has 2 N–H and O–H groups in total. The molecule has 0 aliphatic carbocycles. The van der Waals surface area contributed by atoms with E-state index in [4.69, 9.17) is 0 Å². The van der Waals surface area contributed by atoms with Crippen molar-refractivity contribution < 1.29 is 4.79 Å². The molecule has 0 bridgehead atoms. The van der Waals surface area contributed by atoms with Gasteiger partial charge in [-0.05, 0) is 72.9 Å². The second-order valence-electron chi connectivity index (χ2n) is 7.96. The van der Waals surface area contributed by atoms with Crippen molar-refractivity contribution in [3.63, 3.8) is 0 Å². The van der Waals surface area contributed by atoms with Crippen LogP contribution in [0.3, 0.4) is 0 Å². The van der Waals surface area contributed by atoms with E-state index in [1.807, 2.05) is 24.3 Å². The lowest BCUT2D eigenvalue weighted by molar-refractivity contribution is 0.0950. The minimum Gasteiger partial charge on any atom is -0.372 e. The van der Waals surface area contributed by atoms with Crippen LogP contribution >= 0.6 is 0 Å². The summed E-state index contributed by atoms with van der Waals surface area (Å²) in [5.41, 5.74) is 5.01. The first-order valence-corrected chi connectivity index (χ1v) is 10.6. The molecule has 0 unspecified atom stereocenters. The van der Waals surface area contributed by atoms with Gasteiger partial charge in [0.1, 0.15) is 0 Å². The average molecular weight is 401 g/mol. The van der Waals surface area contributed by atoms with Gasteiger partial charge in [0.2, 0.25) is 0 Å². The third-order valence-corrected chi connectivity index (χ3v) is 5.64. The molecule has 0 spiro atoms. The van der Waals surface area contributed by atoms with Gasteiger partial charge in [-0.25, -0.2) is 0 Å². The molecule has 154 valence electrons. The normalized spacial score (nSPS) is 14.4. The van der Waals surface area contributed by atoms with Crippen LogP contribution in [-0.2, 0) is 6.54 Å². The van der Waals surface area contributed by atoms with Crippen LogP contribution in [0, 0.1) is 5.92 Å². The highest BCUT2D eigenvalue weighted by Gasteiger charge is 2.15. The first-order valence-electron chi connectivity index (χ1n) is 10.6. The van der Waals surface area contributed by atoms with Gasteiger partial charge in [-0.2, -0.15) is 0 Å². The predicted molar refractivity (Wildman–Crippen MR) is 122 cm³/mol. The first-order chi connectivity index (χ1) is 14.7. The summed E-state index contributed by atoms with van der Waals surface area (Å²) >= 11 is 0. The molecular weight excluding hydrogens is 372 g/mol. The average Bonchev–Trinajstić information content (AvgIpc) is 2.80. The number of pyridine rings is 1. The Kier molecular flexibility index (Phi) is 6.28. The molecule has 30 heavy (non-hydrogen) atoms. The molecule has 1 aromatic heterocycles. The van der Waals surface area contributed by atoms with E-state index >= 15 is 0 Å². The number of hydrogen-bond donors (Lipinski definition) is 2. The number of nitrogens with one attached hydrogen (secondary N) is 2. The van der Waals surface area contributed by atoms with E-state index in [2.05, 4.69) is 51.7 Å². The van der Waals surface area contributed by atoms with E-state index in [1.54, 1.807) is 24.5 Å². The van der Waals surface area contributed by atoms with Crippen LogP contribution in [0.5, 0.6) is 0 Å². The van der Waals surface area contributed by atoms with Gasteiger partial charge in [-0.15, -0.1) is 0 Å². The molecule has 4 rings (SSSR count). The summed E-state index contributed by atoms with van der Waals surface area (Å²) in [6.45, 7) is 5.11. The minimum atomic E-state index is -0.117. The van der Waals surface area contributed by atoms with Gasteiger partial charge < -0.3 is 15.5 Å². The highest BCUT2D eigenvalue weighted by atomic mass is 16.1. The third-order valence-electron chi connectivity index (χ3n) is 5.64. The largest absolute Gasteiger partial charge is 0.372 e. The molecule has 2 heterocycles. The van der Waals surface area contributed by atoms with E-state index in [0.717, 1.165) is 35.9 Å². The van der Waals surface area contributed by atoms with Gasteiger partial charge in [-0.1, -0.05) is 19.1 Å². The molecule has 1 saturated heterocycles. The van der Waals surface area contributed by atoms with Crippen molar-refractivity contribution in [3.05, 3.63) is 84.2 Å². The molecule has 1 fully saturated rings. The van der Waals surface area contributed by atoms with Crippen molar-refractivity contribution in [2.75, 3.05) is 23.3 Å². The molecule has 1 aliphatic heterocycles. The fraction of sp³-hybridized carbons (Fsp3) is 0.280. The van der Waals surface area contributed by atoms with Gasteiger partial charge in [0.05, 0.1) is 5.56 Å². The summed E-state index contributed by atoms with van der Waals surface area (Å²) in [4.78, 5) is 18.6. The van der Waals surface area contributed by atoms with Gasteiger partial charge >= 0.3 is 0 Å². The van der Waals surface area contributed by atoms with E-state index in [9.17, 15) is 4.79 Å². The predicted octanol–water partition coefficient (Wildman–Crippen LogP) is 4.99. The highest BCUT2D eigenvalue weighted by molar-refractivity contribution is 5.93. The first kappa shape index (κ1) is 20.0. The van der Waals surface area contributed by atoms with Crippen molar-refractivity contribution in [2.24, 2.45) is 5.92 Å². The number of carbonyl (C=O) groups is 1. The maximum absolute atomic E-state index is 12.1. The van der Waals surface area contributed by atoms with Gasteiger partial charge in [0.15, 0.2) is 0 Å². The lowest BCUT2D eigenvalue weighted by Gasteiger charge is -2.32. The third kappa shape index (κ3) is 5.17. The summed E-state index contributed by atoms with van der Waals surface area (Å²) in [6.07, 6.45) is 5.77. The lowest BCUT2D eigenvalue weighted by Crippen LogP contribution is -2.32. The molecule has 3 aromatic rings. The zero-order valence-corrected chi connectivity index (χ0v) is 17.3. The van der Waals surface area contributed by atoms with Crippen LogP contribution in [0.15, 0.2) is 73.1 Å². The van der Waals surface area contributed by atoms with E-state index in [1.165, 1.54) is 18.5 Å². The Morgan fingerprint density at radius 3 is 2.30 bits per heavy atom. The molecule has 0 radical (unpaired) electrons. The van der Waals surface area contributed by atoms with Gasteiger partial charge in [0.25, 0.3) is 5.91 Å². The Labute approximate surface area is 178 Å². The van der Waals surface area contributed by atoms with Crippen molar-refractivity contribution in [3.8, 4) is 0 Å². The van der Waals surface area contributed by atoms with Crippen LogP contribution in [0.1, 0.15) is 35.7 Å². The van der Waals surface area contributed by atoms with Crippen LogP contribution in [0.25, 0.3) is 0 Å². The molecule has 0 saturated carbocycles. The fourth-order valence-corrected chi connectivity index (χ4v) is 3.68. The van der Waals surface area contributed by atoms with Crippen molar-refractivity contribution in [2.45, 2.75) is 26.3 Å². The standard InChI is InChI=1S/C25H28N4O/c1-19-12-15-29(16-13-19)24-10-8-23(9-11-24)28-22-6-4-20(5-7-22)17-27-25(30)21-3-2-14-26-18-21/h2-11,14,18-19,28H,12-13,15-17H2,1H3,(H,27,30). The zero-order valence-electron chi connectivity index (χ0n) is 17.3. The SMILES string of the molecule is CC1CCN(c2ccc(Nc3ccc(CNC(=O)c4cccnc4)cc3)cc2)CC1. The molecule has 0 atom stereocenters.